The molecule has 0 aliphatic carbocycles. The molecule has 0 radical (unpaired) electrons. The average molecular weight is 412 g/mol. The van der Waals surface area contributed by atoms with Crippen LogP contribution < -0.4 is 20.1 Å². The fourth-order valence-corrected chi connectivity index (χ4v) is 3.45. The van der Waals surface area contributed by atoms with Crippen LogP contribution in [-0.4, -0.2) is 50.2 Å². The first-order valence-electron chi connectivity index (χ1n) is 10.2. The number of rotatable bonds is 7. The Morgan fingerprint density at radius 1 is 1.10 bits per heavy atom. The van der Waals surface area contributed by atoms with Gasteiger partial charge in [0.15, 0.2) is 6.61 Å². The van der Waals surface area contributed by atoms with Crippen LogP contribution in [0, 0.1) is 12.8 Å². The lowest BCUT2D eigenvalue weighted by molar-refractivity contribution is -0.123. The lowest BCUT2D eigenvalue weighted by atomic mass is 9.97. The molecule has 2 N–H and O–H groups in total. The number of hydrogen-bond donors (Lipinski definition) is 2. The second kappa shape index (κ2) is 10.5. The summed E-state index contributed by atoms with van der Waals surface area (Å²) in [4.78, 5) is 26.4. The minimum absolute atomic E-state index is 0.00358. The van der Waals surface area contributed by atoms with Gasteiger partial charge < -0.3 is 25.0 Å². The van der Waals surface area contributed by atoms with E-state index in [0.717, 1.165) is 18.4 Å². The number of hydrogen-bond acceptors (Lipinski definition) is 4. The van der Waals surface area contributed by atoms with E-state index in [1.165, 1.54) is 0 Å². The quantitative estimate of drug-likeness (QED) is 0.731. The third-order valence-corrected chi connectivity index (χ3v) is 5.20. The van der Waals surface area contributed by atoms with Gasteiger partial charge in [0.1, 0.15) is 11.5 Å². The van der Waals surface area contributed by atoms with Crippen molar-refractivity contribution in [3.63, 3.8) is 0 Å². The van der Waals surface area contributed by atoms with E-state index in [1.807, 2.05) is 55.5 Å². The lowest BCUT2D eigenvalue weighted by Crippen LogP contribution is -2.43. The van der Waals surface area contributed by atoms with Crippen molar-refractivity contribution in [1.29, 1.82) is 0 Å². The second-order valence-electron chi connectivity index (χ2n) is 7.47. The van der Waals surface area contributed by atoms with Gasteiger partial charge in [-0.15, -0.1) is 0 Å². The van der Waals surface area contributed by atoms with Crippen LogP contribution in [-0.2, 0) is 4.79 Å². The van der Waals surface area contributed by atoms with Gasteiger partial charge in [0.2, 0.25) is 0 Å². The highest BCUT2D eigenvalue weighted by Crippen LogP contribution is 2.24. The lowest BCUT2D eigenvalue weighted by Gasteiger charge is -2.32. The Labute approximate surface area is 177 Å². The van der Waals surface area contributed by atoms with E-state index in [0.29, 0.717) is 42.7 Å². The Bertz CT molecular complexity index is 863. The number of nitrogens with one attached hydrogen (secondary N) is 2. The monoisotopic (exact) mass is 411 g/mol. The molecule has 0 unspecified atom stereocenters. The number of methoxy groups -OCH3 is 1. The van der Waals surface area contributed by atoms with E-state index in [9.17, 15) is 9.59 Å². The predicted octanol–water partition coefficient (Wildman–Crippen LogP) is 3.44. The molecule has 7 nitrogen and oxygen atoms in total. The number of carbonyl (C=O) groups is 2. The van der Waals surface area contributed by atoms with Crippen LogP contribution in [0.5, 0.6) is 11.5 Å². The predicted molar refractivity (Wildman–Crippen MR) is 116 cm³/mol. The number of amides is 3. The van der Waals surface area contributed by atoms with Gasteiger partial charge in [0.05, 0.1) is 12.8 Å². The molecule has 1 fully saturated rings. The minimum atomic E-state index is -0.132. The third-order valence-electron chi connectivity index (χ3n) is 5.20. The van der Waals surface area contributed by atoms with E-state index in [-0.39, 0.29) is 18.5 Å². The molecule has 1 aliphatic rings. The molecule has 1 heterocycles. The van der Waals surface area contributed by atoms with Gasteiger partial charge in [0.25, 0.3) is 5.91 Å². The summed E-state index contributed by atoms with van der Waals surface area (Å²) in [5.74, 6) is 1.55. The SMILES string of the molecule is COc1ccccc1NC(=O)N1CCC(CNC(=O)COc2cccc(C)c2)CC1. The van der Waals surface area contributed by atoms with Crippen molar-refractivity contribution in [2.45, 2.75) is 19.8 Å². The standard InChI is InChI=1S/C23H29N3O4/c1-17-6-5-7-19(14-17)30-16-22(27)24-15-18-10-12-26(13-11-18)23(28)25-20-8-3-4-9-21(20)29-2/h3-9,14,18H,10-13,15-16H2,1-2H3,(H,24,27)(H,25,28). The summed E-state index contributed by atoms with van der Waals surface area (Å²) in [6.07, 6.45) is 1.69. The van der Waals surface area contributed by atoms with Crippen molar-refractivity contribution in [2.24, 2.45) is 5.92 Å². The molecule has 2 aromatic carbocycles. The molecule has 7 heteroatoms. The molecule has 2 aromatic rings. The van der Waals surface area contributed by atoms with Gasteiger partial charge in [-0.2, -0.15) is 0 Å². The van der Waals surface area contributed by atoms with E-state index >= 15 is 0 Å². The van der Waals surface area contributed by atoms with Crippen LogP contribution in [0.15, 0.2) is 48.5 Å². The van der Waals surface area contributed by atoms with Crippen LogP contribution in [0.4, 0.5) is 10.5 Å². The maximum Gasteiger partial charge on any atom is 0.321 e. The molecule has 160 valence electrons. The Morgan fingerprint density at radius 3 is 2.60 bits per heavy atom. The van der Waals surface area contributed by atoms with Crippen LogP contribution >= 0.6 is 0 Å². The van der Waals surface area contributed by atoms with E-state index in [4.69, 9.17) is 9.47 Å². The molecule has 0 atom stereocenters. The molecule has 1 aliphatic heterocycles. The number of aryl methyl sites for hydroxylation is 1. The molecule has 0 spiro atoms. The van der Waals surface area contributed by atoms with Crippen molar-refractivity contribution >= 4 is 17.6 Å². The average Bonchev–Trinajstić information content (AvgIpc) is 2.77. The molecule has 3 rings (SSSR count). The number of likely N-dealkylation sites (tertiary alicyclic amines) is 1. The van der Waals surface area contributed by atoms with E-state index in [2.05, 4.69) is 10.6 Å². The second-order valence-corrected chi connectivity index (χ2v) is 7.47. The number of para-hydroxylation sites is 2. The van der Waals surface area contributed by atoms with Crippen LogP contribution in [0.1, 0.15) is 18.4 Å². The minimum Gasteiger partial charge on any atom is -0.495 e. The zero-order valence-corrected chi connectivity index (χ0v) is 17.5. The first-order chi connectivity index (χ1) is 14.5. The fourth-order valence-electron chi connectivity index (χ4n) is 3.45. The highest BCUT2D eigenvalue weighted by Gasteiger charge is 2.23. The fraction of sp³-hybridized carbons (Fsp3) is 0.391. The summed E-state index contributed by atoms with van der Waals surface area (Å²) in [6.45, 7) is 3.89. The molecule has 1 saturated heterocycles. The van der Waals surface area contributed by atoms with Crippen LogP contribution in [0.25, 0.3) is 0 Å². The third kappa shape index (κ3) is 6.14. The maximum atomic E-state index is 12.5. The Kier molecular flexibility index (Phi) is 7.54. The number of benzene rings is 2. The molecular formula is C23H29N3O4. The summed E-state index contributed by atoms with van der Waals surface area (Å²) in [5.41, 5.74) is 1.75. The van der Waals surface area contributed by atoms with Crippen LogP contribution in [0.2, 0.25) is 0 Å². The molecular weight excluding hydrogens is 382 g/mol. The zero-order valence-electron chi connectivity index (χ0n) is 17.5. The van der Waals surface area contributed by atoms with Crippen LogP contribution in [0.3, 0.4) is 0 Å². The summed E-state index contributed by atoms with van der Waals surface area (Å²) >= 11 is 0. The van der Waals surface area contributed by atoms with Crippen molar-refractivity contribution in [2.75, 3.05) is 38.7 Å². The molecule has 0 saturated carbocycles. The first-order valence-corrected chi connectivity index (χ1v) is 10.2. The Balaban J connectivity index is 1.37. The molecule has 30 heavy (non-hydrogen) atoms. The zero-order chi connectivity index (χ0) is 21.3. The number of anilines is 1. The number of piperidine rings is 1. The largest absolute Gasteiger partial charge is 0.495 e. The van der Waals surface area contributed by atoms with Gasteiger partial charge in [0, 0.05) is 19.6 Å². The summed E-state index contributed by atoms with van der Waals surface area (Å²) in [7, 11) is 1.58. The number of nitrogens with zero attached hydrogens (tertiary/aromatic N) is 1. The van der Waals surface area contributed by atoms with Gasteiger partial charge in [-0.05, 0) is 55.5 Å². The summed E-state index contributed by atoms with van der Waals surface area (Å²) in [5, 5.41) is 5.84. The normalized spacial score (nSPS) is 14.1. The number of urea groups is 1. The van der Waals surface area contributed by atoms with Gasteiger partial charge in [-0.1, -0.05) is 24.3 Å². The van der Waals surface area contributed by atoms with Gasteiger partial charge in [-0.25, -0.2) is 4.79 Å². The first kappa shape index (κ1) is 21.5. The molecule has 0 aromatic heterocycles. The Morgan fingerprint density at radius 2 is 1.87 bits per heavy atom. The molecule has 0 bridgehead atoms. The highest BCUT2D eigenvalue weighted by molar-refractivity contribution is 5.91. The number of ether oxygens (including phenoxy) is 2. The topological polar surface area (TPSA) is 79.9 Å². The van der Waals surface area contributed by atoms with Gasteiger partial charge >= 0.3 is 6.03 Å². The summed E-state index contributed by atoms with van der Waals surface area (Å²) < 4.78 is 10.8. The number of carbonyl (C=O) groups excluding carboxylic acids is 2. The van der Waals surface area contributed by atoms with Crippen molar-refractivity contribution in [1.82, 2.24) is 10.2 Å². The smallest absolute Gasteiger partial charge is 0.321 e. The Hall–Kier alpha value is -3.22. The van der Waals surface area contributed by atoms with E-state index < -0.39 is 0 Å². The highest BCUT2D eigenvalue weighted by atomic mass is 16.5. The summed E-state index contributed by atoms with van der Waals surface area (Å²) in [6, 6.07) is 14.8. The van der Waals surface area contributed by atoms with Crippen molar-refractivity contribution in [3.8, 4) is 11.5 Å². The van der Waals surface area contributed by atoms with Crippen molar-refractivity contribution in [3.05, 3.63) is 54.1 Å². The molecule has 3 amide bonds. The van der Waals surface area contributed by atoms with Gasteiger partial charge in [-0.3, -0.25) is 4.79 Å². The maximum absolute atomic E-state index is 12.5. The van der Waals surface area contributed by atoms with Crippen molar-refractivity contribution < 1.29 is 19.1 Å². The van der Waals surface area contributed by atoms with E-state index in [1.54, 1.807) is 12.0 Å².